The number of nitrogens with one attached hydrogen (secondary N) is 2. The summed E-state index contributed by atoms with van der Waals surface area (Å²) in [5, 5.41) is 38.4. The van der Waals surface area contributed by atoms with Gasteiger partial charge in [0.2, 0.25) is 0 Å². The predicted molar refractivity (Wildman–Crippen MR) is 183 cm³/mol. The van der Waals surface area contributed by atoms with E-state index in [0.717, 1.165) is 50.2 Å². The van der Waals surface area contributed by atoms with Gasteiger partial charge in [0.1, 0.15) is 34.7 Å². The van der Waals surface area contributed by atoms with Gasteiger partial charge < -0.3 is 50.3 Å². The number of azo groups is 2. The van der Waals surface area contributed by atoms with Crippen LogP contribution in [0.15, 0.2) is 127 Å². The van der Waals surface area contributed by atoms with E-state index in [0.29, 0.717) is 11.4 Å². The molecule has 4 aromatic rings. The van der Waals surface area contributed by atoms with Gasteiger partial charge in [-0.2, -0.15) is 27.1 Å². The maximum atomic E-state index is 12.2. The van der Waals surface area contributed by atoms with Crippen LogP contribution in [0.25, 0.3) is 0 Å². The number of phenols is 2. The summed E-state index contributed by atoms with van der Waals surface area (Å²) in [6.45, 7) is 2.21. The van der Waals surface area contributed by atoms with Crippen LogP contribution >= 0.6 is 0 Å². The monoisotopic (exact) mass is 873 g/mol. The molecule has 24 heteroatoms. The minimum Gasteiger partial charge on any atom is -0.506 e. The second-order valence-corrected chi connectivity index (χ2v) is 12.9. The molecule has 2 amide bonds. The molecule has 0 saturated heterocycles. The molecule has 0 spiro atoms. The second kappa shape index (κ2) is 25.4. The first kappa shape index (κ1) is 55.2. The van der Waals surface area contributed by atoms with Gasteiger partial charge in [-0.3, -0.25) is 9.11 Å². The number of ketones is 2. The van der Waals surface area contributed by atoms with Crippen LogP contribution in [0.5, 0.6) is 11.5 Å². The predicted octanol–water partition coefficient (Wildman–Crippen LogP) is -4.03. The van der Waals surface area contributed by atoms with E-state index in [2.05, 4.69) is 31.1 Å². The van der Waals surface area contributed by atoms with Gasteiger partial charge in [0.05, 0.1) is 9.79 Å². The van der Waals surface area contributed by atoms with E-state index in [-0.39, 0.29) is 117 Å². The van der Waals surface area contributed by atoms with Gasteiger partial charge in [0.15, 0.2) is 0 Å². The van der Waals surface area contributed by atoms with Crippen LogP contribution in [-0.4, -0.2) is 59.5 Å². The topological polar surface area (TPSA) is 291 Å². The fraction of sp³-hybridized carbons (Fsp3) is 0.0625. The summed E-state index contributed by atoms with van der Waals surface area (Å²) in [6, 6.07) is 21.1. The molecule has 0 radical (unpaired) electrons. The van der Waals surface area contributed by atoms with Gasteiger partial charge in [-0.15, -0.1) is 12.1 Å². The van der Waals surface area contributed by atoms with E-state index >= 15 is 0 Å². The third-order valence-electron chi connectivity index (χ3n) is 6.17. The van der Waals surface area contributed by atoms with Gasteiger partial charge >= 0.3 is 88.7 Å². The van der Waals surface area contributed by atoms with E-state index in [4.69, 9.17) is 9.11 Å². The molecule has 4 aromatic carbocycles. The van der Waals surface area contributed by atoms with Crippen molar-refractivity contribution in [2.45, 2.75) is 23.6 Å². The molecule has 0 fully saturated rings. The first-order valence-electron chi connectivity index (χ1n) is 14.3. The molecule has 4 rings (SSSR count). The Labute approximate surface area is 398 Å². The Bertz CT molecular complexity index is 2100. The number of anilines is 2. The number of nitrogens with zero attached hydrogens (tertiary/aromatic N) is 4. The number of carbonyl (C=O) groups is 4. The van der Waals surface area contributed by atoms with Gasteiger partial charge in [-0.05, 0) is 74.5 Å². The Kier molecular flexibility index (Phi) is 25.0. The first-order valence-corrected chi connectivity index (χ1v) is 17.2. The molecular formula is C32H28CrN6Na3O12S2+. The van der Waals surface area contributed by atoms with E-state index < -0.39 is 77.0 Å². The number of amides is 2. The number of rotatable bonds is 12. The number of carbonyl (C=O) groups excluding carboxylic acids is 4. The standard InChI is InChI=1S/2C16H14N3O6S.Cr.3Na/c2*1-10(20)15(16(22)17-11-5-3-2-4-6-11)19-18-13-9-12(26(23,24)25)7-8-14(13)21;;;;/h2*2-9,21H,1H3,(H,17,22)(H,23,24,25);;;;/q2*-1;;3*+1. The van der Waals surface area contributed by atoms with Crippen LogP contribution in [0, 0.1) is 12.1 Å². The van der Waals surface area contributed by atoms with Crippen molar-refractivity contribution in [1.82, 2.24) is 0 Å². The zero-order valence-corrected chi connectivity index (χ0v) is 39.2. The Morgan fingerprint density at radius 3 is 1.12 bits per heavy atom. The van der Waals surface area contributed by atoms with Crippen LogP contribution in [0.4, 0.5) is 22.7 Å². The maximum absolute atomic E-state index is 12.2. The Morgan fingerprint density at radius 2 is 0.857 bits per heavy atom. The molecular weight excluding hydrogens is 845 g/mol. The summed E-state index contributed by atoms with van der Waals surface area (Å²) in [4.78, 5) is 46.6. The van der Waals surface area contributed by atoms with E-state index in [9.17, 15) is 46.2 Å². The molecule has 0 aliphatic heterocycles. The Hall–Kier alpha value is -2.95. The maximum Gasteiger partial charge on any atom is 1.00 e. The van der Waals surface area contributed by atoms with Crippen molar-refractivity contribution >= 4 is 66.4 Å². The zero-order chi connectivity index (χ0) is 38.6. The third kappa shape index (κ3) is 17.7. The van der Waals surface area contributed by atoms with Gasteiger partial charge in [-0.25, -0.2) is 0 Å². The number of benzene rings is 4. The summed E-state index contributed by atoms with van der Waals surface area (Å²) in [6.07, 6.45) is 0. The number of phenolic OH excluding ortho intramolecular Hbond substituents is 2. The molecule has 0 aromatic heterocycles. The smallest absolute Gasteiger partial charge is 0.506 e. The van der Waals surface area contributed by atoms with Crippen molar-refractivity contribution in [3.63, 3.8) is 0 Å². The number of aromatic hydroxyl groups is 2. The van der Waals surface area contributed by atoms with Crippen molar-refractivity contribution < 1.29 is 161 Å². The van der Waals surface area contributed by atoms with Crippen LogP contribution in [0.3, 0.4) is 0 Å². The second-order valence-electron chi connectivity index (χ2n) is 10.1. The van der Waals surface area contributed by atoms with Crippen LogP contribution < -0.4 is 99.3 Å². The average Bonchev–Trinajstić information content (AvgIpc) is 3.06. The summed E-state index contributed by atoms with van der Waals surface area (Å²) < 4.78 is 62.6. The van der Waals surface area contributed by atoms with Crippen molar-refractivity contribution in [1.29, 1.82) is 0 Å². The summed E-state index contributed by atoms with van der Waals surface area (Å²) >= 11 is 0. The molecule has 0 unspecified atom stereocenters. The summed E-state index contributed by atoms with van der Waals surface area (Å²) in [5.41, 5.74) is 0.183. The summed E-state index contributed by atoms with van der Waals surface area (Å²) in [5.74, 6) is -3.92. The summed E-state index contributed by atoms with van der Waals surface area (Å²) in [7, 11) is -9.04. The Morgan fingerprint density at radius 1 is 0.554 bits per heavy atom. The molecule has 278 valence electrons. The van der Waals surface area contributed by atoms with Crippen molar-refractivity contribution in [3.05, 3.63) is 109 Å². The SMILES string of the molecule is CC(=O)[C-](N=Nc1cc(S(=O)(=O)O)ccc1O)C(=O)Nc1ccccc1.CC(=O)[C-](N=Nc1cc(S(=O)(=O)O)ccc1O)C(=O)Nc1ccccc1.[Cr].[Na+].[Na+].[Na+]. The molecule has 0 atom stereocenters. The largest absolute Gasteiger partial charge is 1.00 e. The molecule has 6 N–H and O–H groups in total. The molecule has 56 heavy (non-hydrogen) atoms. The zero-order valence-electron chi connectivity index (χ0n) is 30.3. The van der Waals surface area contributed by atoms with E-state index in [1.54, 1.807) is 60.7 Å². The van der Waals surface area contributed by atoms with Crippen molar-refractivity contribution in [2.24, 2.45) is 20.5 Å². The molecule has 0 bridgehead atoms. The molecule has 0 heterocycles. The van der Waals surface area contributed by atoms with Gasteiger partial charge in [0.25, 0.3) is 20.2 Å². The van der Waals surface area contributed by atoms with Gasteiger partial charge in [-0.1, -0.05) is 36.4 Å². The van der Waals surface area contributed by atoms with Crippen molar-refractivity contribution in [3.8, 4) is 11.5 Å². The number of Topliss-reactive ketones (excluding diaryl/α,β-unsaturated/α-hetero) is 2. The molecule has 0 saturated carbocycles. The van der Waals surface area contributed by atoms with E-state index in [1.807, 2.05) is 0 Å². The number of para-hydroxylation sites is 2. The molecule has 18 nitrogen and oxygen atoms in total. The Balaban J connectivity index is 0. The fourth-order valence-corrected chi connectivity index (χ4v) is 4.67. The average molecular weight is 874 g/mol. The fourth-order valence-electron chi connectivity index (χ4n) is 3.67. The van der Waals surface area contributed by atoms with Gasteiger partial charge in [0, 0.05) is 40.3 Å². The molecule has 0 aliphatic rings. The third-order valence-corrected chi connectivity index (χ3v) is 7.86. The first-order chi connectivity index (χ1) is 24.4. The minimum absolute atomic E-state index is 0. The van der Waals surface area contributed by atoms with Crippen LogP contribution in [0.1, 0.15) is 13.8 Å². The van der Waals surface area contributed by atoms with Crippen LogP contribution in [-0.2, 0) is 56.8 Å². The van der Waals surface area contributed by atoms with E-state index in [1.165, 1.54) is 0 Å². The van der Waals surface area contributed by atoms with Crippen molar-refractivity contribution in [2.75, 3.05) is 10.6 Å². The normalized spacial score (nSPS) is 10.5. The quantitative estimate of drug-likeness (QED) is 0.0261. The number of hydrogen-bond acceptors (Lipinski definition) is 14. The van der Waals surface area contributed by atoms with Crippen LogP contribution in [0.2, 0.25) is 0 Å². The minimum atomic E-state index is -4.52. The number of hydrogen-bond donors (Lipinski definition) is 6. The molecule has 0 aliphatic carbocycles.